The molecule has 0 unspecified atom stereocenters. The van der Waals surface area contributed by atoms with Gasteiger partial charge in [-0.3, -0.25) is 4.79 Å². The van der Waals surface area contributed by atoms with Crippen LogP contribution in [-0.4, -0.2) is 66.3 Å². The summed E-state index contributed by atoms with van der Waals surface area (Å²) in [7, 11) is -3.59. The van der Waals surface area contributed by atoms with Crippen LogP contribution in [0.3, 0.4) is 0 Å². The fraction of sp³-hybridized carbons (Fsp3) is 0.375. The molecule has 0 radical (unpaired) electrons. The minimum atomic E-state index is -3.59. The lowest BCUT2D eigenvalue weighted by atomic mass is 10.1. The molecular weight excluding hydrogens is 459 g/mol. The highest BCUT2D eigenvalue weighted by Crippen LogP contribution is 2.21. The number of Topliss-reactive ketones (excluding diaryl/α,β-unsaturated/α-hetero) is 1. The molecule has 8 nitrogen and oxygen atoms in total. The van der Waals surface area contributed by atoms with E-state index in [-0.39, 0.29) is 16.5 Å². The molecule has 2 aromatic carbocycles. The molecular formula is C24H27FN4O4S. The maximum atomic E-state index is 13.8. The molecule has 0 bridgehead atoms. The third-order valence-electron chi connectivity index (χ3n) is 5.99. The molecule has 0 aliphatic carbocycles. The van der Waals surface area contributed by atoms with Gasteiger partial charge < -0.3 is 9.42 Å². The molecule has 4 rings (SSSR count). The number of hydrogen-bond donors (Lipinski definition) is 0. The second-order valence-electron chi connectivity index (χ2n) is 8.41. The van der Waals surface area contributed by atoms with Crippen LogP contribution in [0.25, 0.3) is 11.4 Å². The van der Waals surface area contributed by atoms with E-state index in [2.05, 4.69) is 15.0 Å². The van der Waals surface area contributed by atoms with E-state index in [0.717, 1.165) is 13.0 Å². The van der Waals surface area contributed by atoms with Crippen LogP contribution in [0.15, 0.2) is 51.9 Å². The van der Waals surface area contributed by atoms with Gasteiger partial charge in [0.05, 0.1) is 4.90 Å². The predicted molar refractivity (Wildman–Crippen MR) is 124 cm³/mol. The van der Waals surface area contributed by atoms with Gasteiger partial charge >= 0.3 is 0 Å². The summed E-state index contributed by atoms with van der Waals surface area (Å²) in [6.45, 7) is 5.98. The Morgan fingerprint density at radius 3 is 2.44 bits per heavy atom. The van der Waals surface area contributed by atoms with Gasteiger partial charge in [0.2, 0.25) is 21.7 Å². The second kappa shape index (κ2) is 10.1. The average molecular weight is 487 g/mol. The van der Waals surface area contributed by atoms with Crippen molar-refractivity contribution in [1.82, 2.24) is 19.3 Å². The zero-order valence-corrected chi connectivity index (χ0v) is 20.0. The Bertz CT molecular complexity index is 1270. The molecule has 34 heavy (non-hydrogen) atoms. The fourth-order valence-electron chi connectivity index (χ4n) is 3.86. The Morgan fingerprint density at radius 2 is 1.79 bits per heavy atom. The van der Waals surface area contributed by atoms with Gasteiger partial charge in [0.15, 0.2) is 5.78 Å². The Kier molecular flexibility index (Phi) is 7.20. The molecule has 0 amide bonds. The van der Waals surface area contributed by atoms with Crippen LogP contribution in [-0.2, 0) is 16.4 Å². The van der Waals surface area contributed by atoms with Crippen molar-refractivity contribution in [3.63, 3.8) is 0 Å². The molecule has 180 valence electrons. The molecule has 2 heterocycles. The van der Waals surface area contributed by atoms with Gasteiger partial charge in [-0.25, -0.2) is 12.8 Å². The molecule has 1 aliphatic rings. The lowest BCUT2D eigenvalue weighted by Crippen LogP contribution is -2.48. The summed E-state index contributed by atoms with van der Waals surface area (Å²) in [4.78, 5) is 18.2. The van der Waals surface area contributed by atoms with E-state index in [1.54, 1.807) is 31.2 Å². The van der Waals surface area contributed by atoms with Crippen LogP contribution in [0.5, 0.6) is 0 Å². The van der Waals surface area contributed by atoms with Gasteiger partial charge in [0, 0.05) is 43.7 Å². The number of benzene rings is 2. The first-order chi connectivity index (χ1) is 16.2. The standard InChI is InChI=1S/C24H27FN4O4S/c1-17-5-6-20(16-22(17)25)24-26-23(33-27-24)4-3-11-28-12-14-29(15-13-28)34(31,32)21-9-7-19(8-10-21)18(2)30/h5-10,16H,3-4,11-15H2,1-2H3. The Balaban J connectivity index is 1.26. The third-order valence-corrected chi connectivity index (χ3v) is 7.91. The monoisotopic (exact) mass is 486 g/mol. The summed E-state index contributed by atoms with van der Waals surface area (Å²) >= 11 is 0. The summed E-state index contributed by atoms with van der Waals surface area (Å²) in [6.07, 6.45) is 1.37. The Morgan fingerprint density at radius 1 is 1.09 bits per heavy atom. The van der Waals surface area contributed by atoms with Gasteiger partial charge in [-0.2, -0.15) is 9.29 Å². The normalized spacial score (nSPS) is 15.5. The maximum Gasteiger partial charge on any atom is 0.243 e. The smallest absolute Gasteiger partial charge is 0.243 e. The number of ketones is 1. The largest absolute Gasteiger partial charge is 0.339 e. The Labute approximate surface area is 198 Å². The van der Waals surface area contributed by atoms with E-state index in [1.807, 2.05) is 0 Å². The second-order valence-corrected chi connectivity index (χ2v) is 10.3. The van der Waals surface area contributed by atoms with E-state index in [9.17, 15) is 17.6 Å². The Hall–Kier alpha value is -2.95. The molecule has 1 saturated heterocycles. The summed E-state index contributed by atoms with van der Waals surface area (Å²) in [5.41, 5.74) is 1.63. The molecule has 1 aliphatic heterocycles. The number of sulfonamides is 1. The molecule has 0 N–H and O–H groups in total. The van der Waals surface area contributed by atoms with Gasteiger partial charge in [0.1, 0.15) is 5.82 Å². The molecule has 1 aromatic heterocycles. The van der Waals surface area contributed by atoms with Gasteiger partial charge in [-0.15, -0.1) is 0 Å². The van der Waals surface area contributed by atoms with Gasteiger partial charge in [-0.05, 0) is 50.6 Å². The van der Waals surface area contributed by atoms with E-state index in [1.165, 1.54) is 29.4 Å². The number of hydrogen-bond acceptors (Lipinski definition) is 7. The van der Waals surface area contributed by atoms with E-state index < -0.39 is 10.0 Å². The summed E-state index contributed by atoms with van der Waals surface area (Å²) in [5.74, 6) is 0.451. The van der Waals surface area contributed by atoms with Crippen LogP contribution < -0.4 is 0 Å². The van der Waals surface area contributed by atoms with Crippen LogP contribution in [0.4, 0.5) is 4.39 Å². The molecule has 3 aromatic rings. The van der Waals surface area contributed by atoms with Crippen LogP contribution >= 0.6 is 0 Å². The SMILES string of the molecule is CC(=O)c1ccc(S(=O)(=O)N2CCN(CCCc3nc(-c4ccc(C)c(F)c4)no3)CC2)cc1. The number of aryl methyl sites for hydroxylation is 2. The first kappa shape index (κ1) is 24.2. The number of carbonyl (C=O) groups excluding carboxylic acids is 1. The van der Waals surface area contributed by atoms with Crippen LogP contribution in [0, 0.1) is 12.7 Å². The molecule has 1 fully saturated rings. The van der Waals surface area contributed by atoms with Gasteiger partial charge in [0.25, 0.3) is 0 Å². The number of carbonyl (C=O) groups is 1. The van der Waals surface area contributed by atoms with Crippen molar-refractivity contribution in [2.75, 3.05) is 32.7 Å². The van der Waals surface area contributed by atoms with Crippen molar-refractivity contribution < 1.29 is 22.1 Å². The first-order valence-corrected chi connectivity index (χ1v) is 12.6. The van der Waals surface area contributed by atoms with Crippen LogP contribution in [0.1, 0.15) is 35.2 Å². The van der Waals surface area contributed by atoms with Crippen molar-refractivity contribution >= 4 is 15.8 Å². The lowest BCUT2D eigenvalue weighted by Gasteiger charge is -2.33. The van der Waals surface area contributed by atoms with Crippen molar-refractivity contribution in [2.24, 2.45) is 0 Å². The third kappa shape index (κ3) is 5.40. The summed E-state index contributed by atoms with van der Waals surface area (Å²) < 4.78 is 46.4. The fourth-order valence-corrected chi connectivity index (χ4v) is 5.29. The van der Waals surface area contributed by atoms with E-state index in [0.29, 0.717) is 61.0 Å². The molecule has 0 saturated carbocycles. The highest BCUT2D eigenvalue weighted by Gasteiger charge is 2.28. The van der Waals surface area contributed by atoms with Crippen molar-refractivity contribution in [1.29, 1.82) is 0 Å². The lowest BCUT2D eigenvalue weighted by molar-refractivity contribution is 0.101. The quantitative estimate of drug-likeness (QED) is 0.451. The summed E-state index contributed by atoms with van der Waals surface area (Å²) in [6, 6.07) is 10.9. The molecule has 0 spiro atoms. The zero-order chi connectivity index (χ0) is 24.3. The average Bonchev–Trinajstić information content (AvgIpc) is 3.30. The topological polar surface area (TPSA) is 96.6 Å². The number of aromatic nitrogens is 2. The number of nitrogens with zero attached hydrogens (tertiary/aromatic N) is 4. The number of rotatable bonds is 8. The van der Waals surface area contributed by atoms with Gasteiger partial charge in [-0.1, -0.05) is 29.4 Å². The minimum absolute atomic E-state index is 0.0987. The summed E-state index contributed by atoms with van der Waals surface area (Å²) in [5, 5.41) is 3.94. The predicted octanol–water partition coefficient (Wildman–Crippen LogP) is 3.33. The van der Waals surface area contributed by atoms with Crippen molar-refractivity contribution in [3.8, 4) is 11.4 Å². The highest BCUT2D eigenvalue weighted by atomic mass is 32.2. The molecule has 10 heteroatoms. The van der Waals surface area contributed by atoms with E-state index in [4.69, 9.17) is 4.52 Å². The maximum absolute atomic E-state index is 13.8. The molecule has 0 atom stereocenters. The van der Waals surface area contributed by atoms with E-state index >= 15 is 0 Å². The number of piperazine rings is 1. The minimum Gasteiger partial charge on any atom is -0.339 e. The van der Waals surface area contributed by atoms with Crippen molar-refractivity contribution in [2.45, 2.75) is 31.6 Å². The highest BCUT2D eigenvalue weighted by molar-refractivity contribution is 7.89. The van der Waals surface area contributed by atoms with Crippen molar-refractivity contribution in [3.05, 3.63) is 65.3 Å². The zero-order valence-electron chi connectivity index (χ0n) is 19.2. The number of halogens is 1. The first-order valence-electron chi connectivity index (χ1n) is 11.2. The van der Waals surface area contributed by atoms with Crippen LogP contribution in [0.2, 0.25) is 0 Å².